The highest BCUT2D eigenvalue weighted by Crippen LogP contribution is 2.15. The van der Waals surface area contributed by atoms with E-state index in [1.807, 2.05) is 24.3 Å². The monoisotopic (exact) mass is 294 g/mol. The number of nitrogens with one attached hydrogen (secondary N) is 1. The first kappa shape index (κ1) is 15.3. The van der Waals surface area contributed by atoms with Crippen LogP contribution in [-0.4, -0.2) is 36.5 Å². The maximum Gasteiger partial charge on any atom is 0.220 e. The predicted octanol–water partition coefficient (Wildman–Crippen LogP) is 2.87. The van der Waals surface area contributed by atoms with Crippen LogP contribution in [0.4, 0.5) is 0 Å². The van der Waals surface area contributed by atoms with E-state index in [9.17, 15) is 4.79 Å². The van der Waals surface area contributed by atoms with Crippen LogP contribution in [0.1, 0.15) is 31.7 Å². The molecule has 0 aliphatic carbocycles. The van der Waals surface area contributed by atoms with Crippen molar-refractivity contribution >= 4 is 17.5 Å². The third kappa shape index (κ3) is 4.50. The van der Waals surface area contributed by atoms with Crippen molar-refractivity contribution in [2.75, 3.05) is 19.6 Å². The maximum absolute atomic E-state index is 11.9. The van der Waals surface area contributed by atoms with Gasteiger partial charge in [-0.2, -0.15) is 0 Å². The number of nitrogens with zero attached hydrogens (tertiary/aromatic N) is 1. The van der Waals surface area contributed by atoms with Crippen molar-refractivity contribution in [3.63, 3.8) is 0 Å². The zero-order valence-corrected chi connectivity index (χ0v) is 12.8. The fourth-order valence-electron chi connectivity index (χ4n) is 2.77. The van der Waals surface area contributed by atoms with Gasteiger partial charge in [-0.25, -0.2) is 0 Å². The van der Waals surface area contributed by atoms with Crippen LogP contribution >= 0.6 is 11.6 Å². The predicted molar refractivity (Wildman–Crippen MR) is 83.1 cm³/mol. The summed E-state index contributed by atoms with van der Waals surface area (Å²) in [6.07, 6.45) is 3.76. The number of carbonyl (C=O) groups is 1. The largest absolute Gasteiger partial charge is 0.355 e. The van der Waals surface area contributed by atoms with Gasteiger partial charge >= 0.3 is 0 Å². The van der Waals surface area contributed by atoms with Crippen LogP contribution in [0.2, 0.25) is 5.02 Å². The van der Waals surface area contributed by atoms with Crippen molar-refractivity contribution in [2.24, 2.45) is 0 Å². The third-order valence-corrected chi connectivity index (χ3v) is 4.25. The molecule has 1 amide bonds. The lowest BCUT2D eigenvalue weighted by Gasteiger charge is -2.22. The molecule has 1 atom stereocenters. The summed E-state index contributed by atoms with van der Waals surface area (Å²) < 4.78 is 0. The number of carbonyl (C=O) groups excluding carboxylic acids is 1. The van der Waals surface area contributed by atoms with E-state index in [1.165, 1.54) is 19.4 Å². The Balaban J connectivity index is 1.69. The summed E-state index contributed by atoms with van der Waals surface area (Å²) in [4.78, 5) is 14.3. The van der Waals surface area contributed by atoms with Gasteiger partial charge in [0.25, 0.3) is 0 Å². The van der Waals surface area contributed by atoms with Crippen LogP contribution in [0.5, 0.6) is 0 Å². The lowest BCUT2D eigenvalue weighted by Crippen LogP contribution is -2.40. The van der Waals surface area contributed by atoms with Crippen LogP contribution in [-0.2, 0) is 11.2 Å². The maximum atomic E-state index is 11.9. The standard InChI is InChI=1S/C16H23ClN2O/c1-2-19-11-3-4-15(19)12-18-16(20)10-7-13-5-8-14(17)9-6-13/h5-6,8-9,15H,2-4,7,10-12H2,1H3,(H,18,20). The van der Waals surface area contributed by atoms with E-state index < -0.39 is 0 Å². The Hall–Kier alpha value is -1.06. The van der Waals surface area contributed by atoms with Crippen molar-refractivity contribution in [1.82, 2.24) is 10.2 Å². The molecule has 4 heteroatoms. The summed E-state index contributed by atoms with van der Waals surface area (Å²) in [6, 6.07) is 8.22. The van der Waals surface area contributed by atoms with Gasteiger partial charge in [0.05, 0.1) is 0 Å². The minimum atomic E-state index is 0.142. The van der Waals surface area contributed by atoms with Crippen molar-refractivity contribution in [1.29, 1.82) is 0 Å². The molecule has 1 fully saturated rings. The molecule has 0 bridgehead atoms. The topological polar surface area (TPSA) is 32.3 Å². The molecule has 1 heterocycles. The van der Waals surface area contributed by atoms with Gasteiger partial charge in [-0.3, -0.25) is 9.69 Å². The molecule has 1 N–H and O–H groups in total. The van der Waals surface area contributed by atoms with Gasteiger partial charge in [0.15, 0.2) is 0 Å². The number of hydrogen-bond acceptors (Lipinski definition) is 2. The molecule has 1 aliphatic rings. The number of aryl methyl sites for hydroxylation is 1. The number of rotatable bonds is 6. The quantitative estimate of drug-likeness (QED) is 0.875. The molecule has 1 aromatic carbocycles. The summed E-state index contributed by atoms with van der Waals surface area (Å²) in [5, 5.41) is 3.80. The van der Waals surface area contributed by atoms with E-state index in [2.05, 4.69) is 17.1 Å². The van der Waals surface area contributed by atoms with E-state index >= 15 is 0 Å². The summed E-state index contributed by atoms with van der Waals surface area (Å²) >= 11 is 5.84. The minimum Gasteiger partial charge on any atom is -0.355 e. The van der Waals surface area contributed by atoms with Crippen LogP contribution in [0.25, 0.3) is 0 Å². The van der Waals surface area contributed by atoms with Crippen molar-refractivity contribution in [2.45, 2.75) is 38.6 Å². The van der Waals surface area contributed by atoms with Gasteiger partial charge in [-0.15, -0.1) is 0 Å². The number of benzene rings is 1. The van der Waals surface area contributed by atoms with Gasteiger partial charge in [-0.05, 0) is 50.0 Å². The van der Waals surface area contributed by atoms with E-state index in [4.69, 9.17) is 11.6 Å². The molecule has 1 aromatic rings. The second-order valence-electron chi connectivity index (χ2n) is 5.36. The normalized spacial score (nSPS) is 19.2. The van der Waals surface area contributed by atoms with Crippen molar-refractivity contribution < 1.29 is 4.79 Å². The average molecular weight is 295 g/mol. The molecular weight excluding hydrogens is 272 g/mol. The Bertz CT molecular complexity index is 433. The number of likely N-dealkylation sites (N-methyl/N-ethyl adjacent to an activating group) is 1. The Morgan fingerprint density at radius 3 is 2.85 bits per heavy atom. The summed E-state index contributed by atoms with van der Waals surface area (Å²) in [7, 11) is 0. The number of hydrogen-bond donors (Lipinski definition) is 1. The highest BCUT2D eigenvalue weighted by Gasteiger charge is 2.22. The number of halogens is 1. The zero-order valence-electron chi connectivity index (χ0n) is 12.1. The van der Waals surface area contributed by atoms with Gasteiger partial charge in [0.1, 0.15) is 0 Å². The second kappa shape index (κ2) is 7.65. The molecular formula is C16H23ClN2O. The second-order valence-corrected chi connectivity index (χ2v) is 5.79. The molecule has 1 saturated heterocycles. The van der Waals surface area contributed by atoms with Crippen LogP contribution < -0.4 is 5.32 Å². The van der Waals surface area contributed by atoms with Gasteiger partial charge in [0.2, 0.25) is 5.91 Å². The Morgan fingerprint density at radius 1 is 1.40 bits per heavy atom. The molecule has 3 nitrogen and oxygen atoms in total. The molecule has 2 rings (SSSR count). The van der Waals surface area contributed by atoms with Crippen LogP contribution in [0.3, 0.4) is 0 Å². The molecule has 0 aromatic heterocycles. The highest BCUT2D eigenvalue weighted by atomic mass is 35.5. The molecule has 20 heavy (non-hydrogen) atoms. The minimum absolute atomic E-state index is 0.142. The first-order valence-corrected chi connectivity index (χ1v) is 7.82. The average Bonchev–Trinajstić information content (AvgIpc) is 2.92. The third-order valence-electron chi connectivity index (χ3n) is 3.99. The van der Waals surface area contributed by atoms with Gasteiger partial charge in [-0.1, -0.05) is 30.7 Å². The molecule has 1 aliphatic heterocycles. The van der Waals surface area contributed by atoms with Crippen LogP contribution in [0.15, 0.2) is 24.3 Å². The Kier molecular flexibility index (Phi) is 5.86. The zero-order chi connectivity index (χ0) is 14.4. The number of likely N-dealkylation sites (tertiary alicyclic amines) is 1. The molecule has 0 saturated carbocycles. The smallest absolute Gasteiger partial charge is 0.220 e. The fourth-order valence-corrected chi connectivity index (χ4v) is 2.90. The first-order valence-electron chi connectivity index (χ1n) is 7.44. The van der Waals surface area contributed by atoms with E-state index in [0.717, 1.165) is 30.1 Å². The lowest BCUT2D eigenvalue weighted by molar-refractivity contribution is -0.121. The molecule has 0 radical (unpaired) electrons. The van der Waals surface area contributed by atoms with E-state index in [0.29, 0.717) is 12.5 Å². The molecule has 0 spiro atoms. The summed E-state index contributed by atoms with van der Waals surface area (Å²) in [5.41, 5.74) is 1.15. The van der Waals surface area contributed by atoms with E-state index in [1.54, 1.807) is 0 Å². The van der Waals surface area contributed by atoms with E-state index in [-0.39, 0.29) is 5.91 Å². The Morgan fingerprint density at radius 2 is 2.15 bits per heavy atom. The lowest BCUT2D eigenvalue weighted by atomic mass is 10.1. The Labute approximate surface area is 126 Å². The molecule has 1 unspecified atom stereocenters. The molecule has 110 valence electrons. The van der Waals surface area contributed by atoms with Crippen molar-refractivity contribution in [3.8, 4) is 0 Å². The first-order chi connectivity index (χ1) is 9.69. The van der Waals surface area contributed by atoms with Gasteiger partial charge < -0.3 is 5.32 Å². The summed E-state index contributed by atoms with van der Waals surface area (Å²) in [5.74, 6) is 0.142. The van der Waals surface area contributed by atoms with Crippen molar-refractivity contribution in [3.05, 3.63) is 34.9 Å². The number of amides is 1. The fraction of sp³-hybridized carbons (Fsp3) is 0.562. The van der Waals surface area contributed by atoms with Crippen LogP contribution in [0, 0.1) is 0 Å². The van der Waals surface area contributed by atoms with Gasteiger partial charge in [0, 0.05) is 24.0 Å². The SMILES string of the molecule is CCN1CCCC1CNC(=O)CCc1ccc(Cl)cc1. The summed E-state index contributed by atoms with van der Waals surface area (Å²) in [6.45, 7) is 5.21. The highest BCUT2D eigenvalue weighted by molar-refractivity contribution is 6.30.